The fraction of sp³-hybridized carbons (Fsp3) is 0.125. The summed E-state index contributed by atoms with van der Waals surface area (Å²) in [6.07, 6.45) is -3.61. The van der Waals surface area contributed by atoms with Gasteiger partial charge in [-0.05, 0) is 6.07 Å². The highest BCUT2D eigenvalue weighted by atomic mass is 19.4. The van der Waals surface area contributed by atoms with Gasteiger partial charge in [0.25, 0.3) is 5.56 Å². The van der Waals surface area contributed by atoms with Gasteiger partial charge in [-0.1, -0.05) is 0 Å². The third-order valence-electron chi connectivity index (χ3n) is 1.81. The second kappa shape index (κ2) is 3.61. The minimum absolute atomic E-state index is 0.300. The minimum Gasteiger partial charge on any atom is -0.493 e. The molecule has 0 saturated heterocycles. The summed E-state index contributed by atoms with van der Waals surface area (Å²) in [5, 5.41) is 12.2. The normalized spacial score (nSPS) is 11.7. The summed E-state index contributed by atoms with van der Waals surface area (Å²) in [7, 11) is 0. The van der Waals surface area contributed by atoms with Crippen LogP contribution in [-0.2, 0) is 6.18 Å². The molecule has 0 aliphatic rings. The first-order valence-corrected chi connectivity index (χ1v) is 4.30. The van der Waals surface area contributed by atoms with Crippen molar-refractivity contribution in [1.82, 2.24) is 19.7 Å². The van der Waals surface area contributed by atoms with Crippen LogP contribution in [0.3, 0.4) is 0 Å². The molecular weight excluding hydrogens is 241 g/mol. The van der Waals surface area contributed by atoms with E-state index in [0.29, 0.717) is 4.68 Å². The monoisotopic (exact) mass is 246 g/mol. The number of nitrogens with one attached hydrogen (secondary N) is 1. The van der Waals surface area contributed by atoms with Gasteiger partial charge in [-0.25, -0.2) is 4.68 Å². The molecule has 17 heavy (non-hydrogen) atoms. The zero-order chi connectivity index (χ0) is 12.6. The smallest absolute Gasteiger partial charge is 0.435 e. The largest absolute Gasteiger partial charge is 0.493 e. The standard InChI is InChI=1S/C8H5F3N4O2/c9-8(10,11)4-1-2-15(14-4)7-12-5(16)3-6(17)13-7/h1-3H,(H2,12,13,16,17). The topological polar surface area (TPSA) is 83.8 Å². The molecule has 6 nitrogen and oxygen atoms in total. The van der Waals surface area contributed by atoms with Gasteiger partial charge in [0.2, 0.25) is 11.8 Å². The van der Waals surface area contributed by atoms with Crippen LogP contribution in [0, 0.1) is 0 Å². The number of rotatable bonds is 1. The number of hydrogen-bond donors (Lipinski definition) is 2. The molecule has 2 aromatic heterocycles. The molecule has 0 aromatic carbocycles. The summed E-state index contributed by atoms with van der Waals surface area (Å²) in [5.74, 6) is -0.904. The fourth-order valence-electron chi connectivity index (χ4n) is 1.13. The maximum Gasteiger partial charge on any atom is 0.435 e. The second-order valence-corrected chi connectivity index (χ2v) is 3.07. The van der Waals surface area contributed by atoms with Crippen LogP contribution in [0.2, 0.25) is 0 Å². The molecule has 0 radical (unpaired) electrons. The van der Waals surface area contributed by atoms with Gasteiger partial charge in [-0.15, -0.1) is 0 Å². The van der Waals surface area contributed by atoms with Crippen molar-refractivity contribution in [1.29, 1.82) is 0 Å². The lowest BCUT2D eigenvalue weighted by molar-refractivity contribution is -0.141. The van der Waals surface area contributed by atoms with Crippen LogP contribution in [0.15, 0.2) is 23.1 Å². The molecule has 0 amide bonds. The lowest BCUT2D eigenvalue weighted by atomic mass is 10.4. The van der Waals surface area contributed by atoms with Gasteiger partial charge >= 0.3 is 6.18 Å². The Labute approximate surface area is 91.4 Å². The minimum atomic E-state index is -4.58. The second-order valence-electron chi connectivity index (χ2n) is 3.07. The number of alkyl halides is 3. The number of halogens is 3. The Morgan fingerprint density at radius 1 is 1.41 bits per heavy atom. The summed E-state index contributed by atoms with van der Waals surface area (Å²) >= 11 is 0. The Morgan fingerprint density at radius 3 is 2.65 bits per heavy atom. The zero-order valence-corrected chi connectivity index (χ0v) is 8.06. The number of H-pyrrole nitrogens is 1. The molecule has 2 aromatic rings. The summed E-state index contributed by atoms with van der Waals surface area (Å²) in [6.45, 7) is 0. The molecule has 0 saturated carbocycles. The highest BCUT2D eigenvalue weighted by molar-refractivity contribution is 5.18. The molecule has 2 heterocycles. The van der Waals surface area contributed by atoms with Crippen LogP contribution < -0.4 is 5.56 Å². The van der Waals surface area contributed by atoms with Gasteiger partial charge in [0.05, 0.1) is 6.07 Å². The highest BCUT2D eigenvalue weighted by Crippen LogP contribution is 2.27. The van der Waals surface area contributed by atoms with Crippen molar-refractivity contribution in [3.05, 3.63) is 34.4 Å². The SMILES string of the molecule is O=c1cc(O)nc(-n2ccc(C(F)(F)F)n2)[nH]1. The Kier molecular flexibility index (Phi) is 2.37. The molecule has 0 unspecified atom stereocenters. The molecular formula is C8H5F3N4O2. The van der Waals surface area contributed by atoms with Gasteiger partial charge in [0.15, 0.2) is 5.69 Å². The van der Waals surface area contributed by atoms with E-state index in [-0.39, 0.29) is 5.95 Å². The van der Waals surface area contributed by atoms with E-state index in [1.807, 2.05) is 0 Å². The number of aromatic hydroxyl groups is 1. The van der Waals surface area contributed by atoms with Crippen molar-refractivity contribution in [3.63, 3.8) is 0 Å². The molecule has 0 fully saturated rings. The number of hydrogen-bond acceptors (Lipinski definition) is 4. The lowest BCUT2D eigenvalue weighted by Crippen LogP contribution is -2.13. The third kappa shape index (κ3) is 2.27. The fourth-order valence-corrected chi connectivity index (χ4v) is 1.13. The molecule has 0 aliphatic heterocycles. The van der Waals surface area contributed by atoms with Crippen LogP contribution in [-0.4, -0.2) is 24.9 Å². The third-order valence-corrected chi connectivity index (χ3v) is 1.81. The van der Waals surface area contributed by atoms with Crippen LogP contribution >= 0.6 is 0 Å². The number of nitrogens with zero attached hydrogens (tertiary/aromatic N) is 3. The molecule has 0 spiro atoms. The van der Waals surface area contributed by atoms with E-state index < -0.39 is 23.3 Å². The Morgan fingerprint density at radius 2 is 2.12 bits per heavy atom. The molecule has 2 rings (SSSR count). The quantitative estimate of drug-likeness (QED) is 0.774. The molecule has 2 N–H and O–H groups in total. The number of aromatic nitrogens is 4. The van der Waals surface area contributed by atoms with Crippen molar-refractivity contribution in [2.75, 3.05) is 0 Å². The Balaban J connectivity index is 2.47. The molecule has 0 bridgehead atoms. The van der Waals surface area contributed by atoms with Gasteiger partial charge < -0.3 is 5.11 Å². The summed E-state index contributed by atoms with van der Waals surface area (Å²) < 4.78 is 37.5. The van der Waals surface area contributed by atoms with Crippen molar-refractivity contribution in [2.45, 2.75) is 6.18 Å². The van der Waals surface area contributed by atoms with Crippen molar-refractivity contribution < 1.29 is 18.3 Å². The van der Waals surface area contributed by atoms with Crippen molar-refractivity contribution in [2.24, 2.45) is 0 Å². The first kappa shape index (κ1) is 11.2. The van der Waals surface area contributed by atoms with Crippen LogP contribution in [0.25, 0.3) is 5.95 Å². The predicted molar refractivity (Wildman–Crippen MR) is 48.6 cm³/mol. The van der Waals surface area contributed by atoms with E-state index in [2.05, 4.69) is 15.1 Å². The van der Waals surface area contributed by atoms with Crippen LogP contribution in [0.5, 0.6) is 5.88 Å². The lowest BCUT2D eigenvalue weighted by Gasteiger charge is -2.02. The van der Waals surface area contributed by atoms with E-state index in [0.717, 1.165) is 18.3 Å². The predicted octanol–water partition coefficient (Wildman–Crippen LogP) is 0.680. The summed E-state index contributed by atoms with van der Waals surface area (Å²) in [6, 6.07) is 1.52. The van der Waals surface area contributed by atoms with Crippen LogP contribution in [0.1, 0.15) is 5.69 Å². The Bertz CT molecular complexity index is 601. The van der Waals surface area contributed by atoms with Gasteiger partial charge in [0, 0.05) is 6.20 Å². The summed E-state index contributed by atoms with van der Waals surface area (Å²) in [4.78, 5) is 16.5. The van der Waals surface area contributed by atoms with Crippen molar-refractivity contribution >= 4 is 0 Å². The van der Waals surface area contributed by atoms with Crippen molar-refractivity contribution in [3.8, 4) is 11.8 Å². The first-order valence-electron chi connectivity index (χ1n) is 4.30. The van der Waals surface area contributed by atoms with E-state index in [1.165, 1.54) is 0 Å². The van der Waals surface area contributed by atoms with Gasteiger partial charge in [-0.3, -0.25) is 9.78 Å². The van der Waals surface area contributed by atoms with Gasteiger partial charge in [0.1, 0.15) is 0 Å². The van der Waals surface area contributed by atoms with E-state index in [1.54, 1.807) is 0 Å². The average molecular weight is 246 g/mol. The Hall–Kier alpha value is -2.32. The van der Waals surface area contributed by atoms with E-state index in [9.17, 15) is 18.0 Å². The molecule has 0 aliphatic carbocycles. The maximum atomic E-state index is 12.3. The van der Waals surface area contributed by atoms with E-state index >= 15 is 0 Å². The molecule has 90 valence electrons. The zero-order valence-electron chi connectivity index (χ0n) is 8.06. The molecule has 0 atom stereocenters. The molecule has 9 heteroatoms. The average Bonchev–Trinajstić information content (AvgIpc) is 2.63. The van der Waals surface area contributed by atoms with E-state index in [4.69, 9.17) is 5.11 Å². The number of aromatic amines is 1. The summed E-state index contributed by atoms with van der Waals surface area (Å²) in [5.41, 5.74) is -1.82. The first-order chi connectivity index (χ1) is 7.86. The van der Waals surface area contributed by atoms with Crippen LogP contribution in [0.4, 0.5) is 13.2 Å². The highest BCUT2D eigenvalue weighted by Gasteiger charge is 2.33. The van der Waals surface area contributed by atoms with Gasteiger partial charge in [-0.2, -0.15) is 23.3 Å². The maximum absolute atomic E-state index is 12.3.